The van der Waals surface area contributed by atoms with Crippen molar-refractivity contribution in [2.45, 2.75) is 13.0 Å². The molecule has 1 fully saturated rings. The van der Waals surface area contributed by atoms with Gasteiger partial charge in [-0.15, -0.1) is 0 Å². The number of aromatic nitrogens is 2. The summed E-state index contributed by atoms with van der Waals surface area (Å²) >= 11 is 0. The van der Waals surface area contributed by atoms with Crippen molar-refractivity contribution in [1.82, 2.24) is 14.5 Å². The maximum absolute atomic E-state index is 12.0. The molecule has 0 saturated carbocycles. The van der Waals surface area contributed by atoms with Crippen LogP contribution < -0.4 is 4.90 Å². The SMILES string of the molecule is CN1CCN(c2ccc(-c3cn(CCCOC(=O)c4ccccc4)cn3)cc2)CC1. The quantitative estimate of drug-likeness (QED) is 0.445. The van der Waals surface area contributed by atoms with Gasteiger partial charge in [0.15, 0.2) is 0 Å². The van der Waals surface area contributed by atoms with E-state index in [2.05, 4.69) is 46.1 Å². The fourth-order valence-corrected chi connectivity index (χ4v) is 3.61. The van der Waals surface area contributed by atoms with E-state index in [1.807, 2.05) is 35.3 Å². The molecule has 0 radical (unpaired) electrons. The number of piperazine rings is 1. The lowest BCUT2D eigenvalue weighted by Crippen LogP contribution is -2.44. The van der Waals surface area contributed by atoms with E-state index >= 15 is 0 Å². The van der Waals surface area contributed by atoms with E-state index in [-0.39, 0.29) is 5.97 Å². The first-order valence-corrected chi connectivity index (χ1v) is 10.5. The third-order valence-electron chi connectivity index (χ3n) is 5.47. The van der Waals surface area contributed by atoms with Crippen molar-refractivity contribution in [2.24, 2.45) is 0 Å². The summed E-state index contributed by atoms with van der Waals surface area (Å²) in [5, 5.41) is 0. The number of likely N-dealkylation sites (N-methyl/N-ethyl adjacent to an activating group) is 1. The molecule has 0 spiro atoms. The van der Waals surface area contributed by atoms with Crippen LogP contribution in [-0.4, -0.2) is 60.3 Å². The molecule has 30 heavy (non-hydrogen) atoms. The molecule has 2 heterocycles. The summed E-state index contributed by atoms with van der Waals surface area (Å²) in [4.78, 5) is 21.3. The van der Waals surface area contributed by atoms with Gasteiger partial charge in [0, 0.05) is 50.2 Å². The monoisotopic (exact) mass is 404 g/mol. The largest absolute Gasteiger partial charge is 0.462 e. The zero-order chi connectivity index (χ0) is 20.8. The summed E-state index contributed by atoms with van der Waals surface area (Å²) in [6.07, 6.45) is 4.63. The van der Waals surface area contributed by atoms with Crippen molar-refractivity contribution >= 4 is 11.7 Å². The van der Waals surface area contributed by atoms with Crippen LogP contribution >= 0.6 is 0 Å². The summed E-state index contributed by atoms with van der Waals surface area (Å²) in [5.41, 5.74) is 3.93. The highest BCUT2D eigenvalue weighted by Crippen LogP contribution is 2.22. The highest BCUT2D eigenvalue weighted by atomic mass is 16.5. The molecule has 1 aromatic heterocycles. The molecule has 0 amide bonds. The van der Waals surface area contributed by atoms with Crippen LogP contribution in [0.15, 0.2) is 67.1 Å². The fourth-order valence-electron chi connectivity index (χ4n) is 3.61. The second-order valence-corrected chi connectivity index (χ2v) is 7.69. The molecule has 1 saturated heterocycles. The van der Waals surface area contributed by atoms with E-state index in [1.54, 1.807) is 12.1 Å². The Hall–Kier alpha value is -3.12. The number of carbonyl (C=O) groups is 1. The summed E-state index contributed by atoms with van der Waals surface area (Å²) in [5.74, 6) is -0.276. The van der Waals surface area contributed by atoms with Crippen LogP contribution in [0.2, 0.25) is 0 Å². The minimum absolute atomic E-state index is 0.276. The van der Waals surface area contributed by atoms with E-state index in [4.69, 9.17) is 4.74 Å². The number of benzene rings is 2. The number of ether oxygens (including phenoxy) is 1. The second kappa shape index (κ2) is 9.59. The van der Waals surface area contributed by atoms with E-state index in [9.17, 15) is 4.79 Å². The van der Waals surface area contributed by atoms with E-state index in [1.165, 1.54) is 5.69 Å². The molecule has 6 heteroatoms. The summed E-state index contributed by atoms with van der Waals surface area (Å²) in [6, 6.07) is 17.7. The lowest BCUT2D eigenvalue weighted by atomic mass is 10.1. The van der Waals surface area contributed by atoms with Gasteiger partial charge in [0.2, 0.25) is 0 Å². The second-order valence-electron chi connectivity index (χ2n) is 7.69. The van der Waals surface area contributed by atoms with Crippen molar-refractivity contribution < 1.29 is 9.53 Å². The van der Waals surface area contributed by atoms with Gasteiger partial charge >= 0.3 is 5.97 Å². The lowest BCUT2D eigenvalue weighted by molar-refractivity contribution is 0.0496. The van der Waals surface area contributed by atoms with Gasteiger partial charge in [-0.2, -0.15) is 0 Å². The predicted octanol–water partition coefficient (Wildman–Crippen LogP) is 3.55. The standard InChI is InChI=1S/C24H28N4O2/c1-26-13-15-28(16-14-26)22-10-8-20(9-11-22)23-18-27(19-25-23)12-5-17-30-24(29)21-6-3-2-4-7-21/h2-4,6-11,18-19H,5,12-17H2,1H3. The zero-order valence-electron chi connectivity index (χ0n) is 17.4. The zero-order valence-corrected chi connectivity index (χ0v) is 17.4. The lowest BCUT2D eigenvalue weighted by Gasteiger charge is -2.34. The smallest absolute Gasteiger partial charge is 0.338 e. The Balaban J connectivity index is 1.26. The van der Waals surface area contributed by atoms with E-state index < -0.39 is 0 Å². The Morgan fingerprint density at radius 3 is 2.47 bits per heavy atom. The average molecular weight is 405 g/mol. The van der Waals surface area contributed by atoms with Gasteiger partial charge in [0.25, 0.3) is 0 Å². The molecular formula is C24H28N4O2. The number of aryl methyl sites for hydroxylation is 1. The van der Waals surface area contributed by atoms with E-state index in [0.717, 1.165) is 50.4 Å². The molecule has 0 bridgehead atoms. The number of hydrogen-bond donors (Lipinski definition) is 0. The third-order valence-corrected chi connectivity index (χ3v) is 5.47. The molecule has 6 nitrogen and oxygen atoms in total. The molecule has 1 aliphatic heterocycles. The van der Waals surface area contributed by atoms with Gasteiger partial charge in [0.05, 0.1) is 24.2 Å². The molecule has 4 rings (SSSR count). The number of nitrogens with zero attached hydrogens (tertiary/aromatic N) is 4. The number of esters is 1. The first-order chi connectivity index (χ1) is 14.7. The minimum Gasteiger partial charge on any atom is -0.462 e. The Morgan fingerprint density at radius 1 is 1.00 bits per heavy atom. The van der Waals surface area contributed by atoms with Gasteiger partial charge in [-0.25, -0.2) is 9.78 Å². The molecule has 0 aliphatic carbocycles. The third kappa shape index (κ3) is 5.07. The highest BCUT2D eigenvalue weighted by molar-refractivity contribution is 5.89. The highest BCUT2D eigenvalue weighted by Gasteiger charge is 2.14. The molecule has 3 aromatic rings. The molecule has 1 aliphatic rings. The van der Waals surface area contributed by atoms with Crippen LogP contribution in [0, 0.1) is 0 Å². The van der Waals surface area contributed by atoms with Crippen molar-refractivity contribution in [3.8, 4) is 11.3 Å². The van der Waals surface area contributed by atoms with E-state index in [0.29, 0.717) is 12.2 Å². The Labute approximate surface area is 177 Å². The Morgan fingerprint density at radius 2 is 1.73 bits per heavy atom. The van der Waals surface area contributed by atoms with Crippen molar-refractivity contribution in [3.05, 3.63) is 72.7 Å². The molecular weight excluding hydrogens is 376 g/mol. The first-order valence-electron chi connectivity index (χ1n) is 10.5. The Kier molecular flexibility index (Phi) is 6.44. The van der Waals surface area contributed by atoms with Crippen molar-refractivity contribution in [3.63, 3.8) is 0 Å². The average Bonchev–Trinajstić information content (AvgIpc) is 3.27. The van der Waals surface area contributed by atoms with Gasteiger partial charge in [-0.1, -0.05) is 30.3 Å². The van der Waals surface area contributed by atoms with Crippen LogP contribution in [0.4, 0.5) is 5.69 Å². The minimum atomic E-state index is -0.276. The number of carbonyl (C=O) groups excluding carboxylic acids is 1. The van der Waals surface area contributed by atoms with Crippen molar-refractivity contribution in [1.29, 1.82) is 0 Å². The number of imidazole rings is 1. The summed E-state index contributed by atoms with van der Waals surface area (Å²) in [6.45, 7) is 5.49. The van der Waals surface area contributed by atoms with Crippen LogP contribution in [0.25, 0.3) is 11.3 Å². The maximum Gasteiger partial charge on any atom is 0.338 e. The summed E-state index contributed by atoms with van der Waals surface area (Å²) < 4.78 is 7.38. The molecule has 0 N–H and O–H groups in total. The number of anilines is 1. The summed E-state index contributed by atoms with van der Waals surface area (Å²) in [7, 11) is 2.17. The number of hydrogen-bond acceptors (Lipinski definition) is 5. The topological polar surface area (TPSA) is 50.6 Å². The molecule has 2 aromatic carbocycles. The normalized spacial score (nSPS) is 14.6. The Bertz CT molecular complexity index is 945. The molecule has 0 unspecified atom stereocenters. The predicted molar refractivity (Wildman–Crippen MR) is 119 cm³/mol. The maximum atomic E-state index is 12.0. The van der Waals surface area contributed by atoms with Crippen LogP contribution in [-0.2, 0) is 11.3 Å². The van der Waals surface area contributed by atoms with Gasteiger partial charge in [-0.3, -0.25) is 0 Å². The molecule has 156 valence electrons. The number of rotatable bonds is 7. The first kappa shape index (κ1) is 20.2. The molecule has 0 atom stereocenters. The van der Waals surface area contributed by atoms with Gasteiger partial charge < -0.3 is 19.1 Å². The van der Waals surface area contributed by atoms with Gasteiger partial charge in [-0.05, 0) is 37.7 Å². The fraction of sp³-hybridized carbons (Fsp3) is 0.333. The van der Waals surface area contributed by atoms with Crippen LogP contribution in [0.5, 0.6) is 0 Å². The van der Waals surface area contributed by atoms with Crippen LogP contribution in [0.1, 0.15) is 16.8 Å². The van der Waals surface area contributed by atoms with Gasteiger partial charge in [0.1, 0.15) is 0 Å². The van der Waals surface area contributed by atoms with Crippen LogP contribution in [0.3, 0.4) is 0 Å². The van der Waals surface area contributed by atoms with Crippen molar-refractivity contribution in [2.75, 3.05) is 44.7 Å².